The van der Waals surface area contributed by atoms with Crippen molar-refractivity contribution < 1.29 is 19.3 Å². The number of hydrogen-bond donors (Lipinski definition) is 3. The molecule has 1 fully saturated rings. The van der Waals surface area contributed by atoms with Gasteiger partial charge in [0.25, 0.3) is 5.91 Å². The van der Waals surface area contributed by atoms with Crippen LogP contribution in [0.25, 0.3) is 0 Å². The number of benzene rings is 2. The number of amides is 1. The van der Waals surface area contributed by atoms with Crippen molar-refractivity contribution in [3.63, 3.8) is 0 Å². The SMILES string of the molecule is CCC(C)(C)c1ccc(Oc2ccc(NC(=O)C[NH+](C)C3CC[NH+](C)CC3)cc2)cc1. The van der Waals surface area contributed by atoms with Crippen LogP contribution in [0.3, 0.4) is 0 Å². The minimum absolute atomic E-state index is 0.0616. The molecule has 0 spiro atoms. The van der Waals surface area contributed by atoms with E-state index in [4.69, 9.17) is 4.74 Å². The lowest BCUT2D eigenvalue weighted by molar-refractivity contribution is -0.935. The number of carbonyl (C=O) groups excluding carboxylic acids is 1. The van der Waals surface area contributed by atoms with Gasteiger partial charge in [-0.05, 0) is 53.8 Å². The van der Waals surface area contributed by atoms with Gasteiger partial charge in [-0.15, -0.1) is 0 Å². The molecule has 168 valence electrons. The highest BCUT2D eigenvalue weighted by Gasteiger charge is 2.27. The second-order valence-electron chi connectivity index (χ2n) is 9.69. The zero-order chi connectivity index (χ0) is 22.4. The van der Waals surface area contributed by atoms with Crippen molar-refractivity contribution in [3.05, 3.63) is 54.1 Å². The molecule has 1 atom stereocenters. The van der Waals surface area contributed by atoms with E-state index in [1.807, 2.05) is 36.4 Å². The molecule has 1 aliphatic heterocycles. The molecule has 1 amide bonds. The topological polar surface area (TPSA) is 47.2 Å². The van der Waals surface area contributed by atoms with E-state index in [0.717, 1.165) is 23.6 Å². The molecular formula is C26H39N3O2+2. The number of piperidine rings is 1. The monoisotopic (exact) mass is 425 g/mol. The Bertz CT molecular complexity index is 838. The fourth-order valence-corrected chi connectivity index (χ4v) is 4.13. The summed E-state index contributed by atoms with van der Waals surface area (Å²) in [7, 11) is 4.38. The molecule has 0 radical (unpaired) electrons. The second kappa shape index (κ2) is 10.3. The zero-order valence-corrected chi connectivity index (χ0v) is 19.8. The number of ether oxygens (including phenoxy) is 1. The van der Waals surface area contributed by atoms with E-state index in [-0.39, 0.29) is 11.3 Å². The van der Waals surface area contributed by atoms with Gasteiger partial charge in [0, 0.05) is 18.5 Å². The van der Waals surface area contributed by atoms with Crippen LogP contribution in [0, 0.1) is 0 Å². The van der Waals surface area contributed by atoms with Crippen LogP contribution >= 0.6 is 0 Å². The highest BCUT2D eigenvalue weighted by atomic mass is 16.5. The Morgan fingerprint density at radius 1 is 1.06 bits per heavy atom. The van der Waals surface area contributed by atoms with E-state index in [1.165, 1.54) is 36.4 Å². The van der Waals surface area contributed by atoms with Crippen molar-refractivity contribution in [2.75, 3.05) is 39.0 Å². The van der Waals surface area contributed by atoms with Crippen molar-refractivity contribution in [2.24, 2.45) is 0 Å². The molecule has 31 heavy (non-hydrogen) atoms. The van der Waals surface area contributed by atoms with Crippen molar-refractivity contribution in [3.8, 4) is 11.5 Å². The molecule has 0 saturated carbocycles. The number of likely N-dealkylation sites (N-methyl/N-ethyl adjacent to an activating group) is 1. The van der Waals surface area contributed by atoms with Gasteiger partial charge in [0.1, 0.15) is 11.5 Å². The molecule has 1 saturated heterocycles. The van der Waals surface area contributed by atoms with Crippen LogP contribution in [0.15, 0.2) is 48.5 Å². The summed E-state index contributed by atoms with van der Waals surface area (Å²) in [6, 6.07) is 16.5. The fraction of sp³-hybridized carbons (Fsp3) is 0.500. The van der Waals surface area contributed by atoms with E-state index in [1.54, 1.807) is 4.90 Å². The lowest BCUT2D eigenvalue weighted by Crippen LogP contribution is -3.18. The van der Waals surface area contributed by atoms with Gasteiger partial charge in [-0.2, -0.15) is 0 Å². The van der Waals surface area contributed by atoms with Crippen LogP contribution in [-0.2, 0) is 10.2 Å². The van der Waals surface area contributed by atoms with E-state index < -0.39 is 0 Å². The minimum Gasteiger partial charge on any atom is -0.457 e. The maximum Gasteiger partial charge on any atom is 0.279 e. The van der Waals surface area contributed by atoms with Crippen LogP contribution < -0.4 is 19.9 Å². The summed E-state index contributed by atoms with van der Waals surface area (Å²) < 4.78 is 5.97. The first-order valence-electron chi connectivity index (χ1n) is 11.6. The molecule has 2 aromatic rings. The molecule has 5 heteroatoms. The third-order valence-corrected chi connectivity index (χ3v) is 6.87. The molecule has 1 heterocycles. The normalized spacial score (nSPS) is 20.2. The molecule has 0 bridgehead atoms. The Labute approximate surface area is 187 Å². The number of anilines is 1. The average Bonchev–Trinajstić information content (AvgIpc) is 2.76. The maximum absolute atomic E-state index is 12.5. The van der Waals surface area contributed by atoms with Crippen molar-refractivity contribution in [1.29, 1.82) is 0 Å². The Morgan fingerprint density at radius 3 is 2.16 bits per heavy atom. The number of carbonyl (C=O) groups is 1. The van der Waals surface area contributed by atoms with Crippen molar-refractivity contribution in [2.45, 2.75) is 51.5 Å². The lowest BCUT2D eigenvalue weighted by atomic mass is 9.82. The summed E-state index contributed by atoms with van der Waals surface area (Å²) in [5.41, 5.74) is 2.29. The summed E-state index contributed by atoms with van der Waals surface area (Å²) in [5, 5.41) is 3.02. The Hall–Kier alpha value is -2.37. The largest absolute Gasteiger partial charge is 0.457 e. The molecule has 3 N–H and O–H groups in total. The van der Waals surface area contributed by atoms with Gasteiger partial charge in [0.05, 0.1) is 33.2 Å². The predicted octanol–water partition coefficient (Wildman–Crippen LogP) is 2.30. The molecule has 5 nitrogen and oxygen atoms in total. The minimum atomic E-state index is 0.0616. The third kappa shape index (κ3) is 6.55. The smallest absolute Gasteiger partial charge is 0.279 e. The third-order valence-electron chi connectivity index (χ3n) is 6.87. The standard InChI is InChI=1S/C26H37N3O2/c1-6-26(2,3)20-7-11-23(12-8-20)31-24-13-9-21(10-14-24)27-25(30)19-29(5)22-15-17-28(4)18-16-22/h7-14,22H,6,15-19H2,1-5H3,(H,27,30)/p+2. The molecule has 3 rings (SSSR count). The number of likely N-dealkylation sites (tertiary alicyclic amines) is 1. The van der Waals surface area contributed by atoms with Gasteiger partial charge in [0.15, 0.2) is 6.54 Å². The molecular weight excluding hydrogens is 386 g/mol. The van der Waals surface area contributed by atoms with E-state index >= 15 is 0 Å². The summed E-state index contributed by atoms with van der Waals surface area (Å²) >= 11 is 0. The van der Waals surface area contributed by atoms with Gasteiger partial charge >= 0.3 is 0 Å². The molecule has 0 aliphatic carbocycles. The Balaban J connectivity index is 1.50. The molecule has 0 aromatic heterocycles. The van der Waals surface area contributed by atoms with Gasteiger partial charge in [0.2, 0.25) is 0 Å². The number of quaternary nitrogens is 2. The van der Waals surface area contributed by atoms with E-state index in [9.17, 15) is 4.79 Å². The number of rotatable bonds is 8. The number of nitrogens with one attached hydrogen (secondary N) is 3. The summed E-state index contributed by atoms with van der Waals surface area (Å²) in [4.78, 5) is 15.4. The lowest BCUT2D eigenvalue weighted by Gasteiger charge is -2.30. The van der Waals surface area contributed by atoms with Crippen LogP contribution in [0.5, 0.6) is 11.5 Å². The Morgan fingerprint density at radius 2 is 1.61 bits per heavy atom. The van der Waals surface area contributed by atoms with Gasteiger partial charge in [-0.25, -0.2) is 0 Å². The summed E-state index contributed by atoms with van der Waals surface area (Å²) in [5.74, 6) is 1.64. The first-order valence-corrected chi connectivity index (χ1v) is 11.6. The van der Waals surface area contributed by atoms with Crippen molar-refractivity contribution in [1.82, 2.24) is 0 Å². The molecule has 2 aromatic carbocycles. The van der Waals surface area contributed by atoms with Gasteiger partial charge < -0.3 is 19.9 Å². The predicted molar refractivity (Wildman–Crippen MR) is 126 cm³/mol. The van der Waals surface area contributed by atoms with E-state index in [2.05, 4.69) is 52.3 Å². The first-order chi connectivity index (χ1) is 14.8. The van der Waals surface area contributed by atoms with Crippen LogP contribution in [-0.4, -0.2) is 45.7 Å². The first kappa shape index (κ1) is 23.3. The highest BCUT2D eigenvalue weighted by molar-refractivity contribution is 5.91. The van der Waals surface area contributed by atoms with Gasteiger partial charge in [-0.3, -0.25) is 4.79 Å². The summed E-state index contributed by atoms with van der Waals surface area (Å²) in [6.07, 6.45) is 3.47. The van der Waals surface area contributed by atoms with Crippen LogP contribution in [0.1, 0.15) is 45.6 Å². The average molecular weight is 426 g/mol. The molecule has 1 aliphatic rings. The van der Waals surface area contributed by atoms with Crippen LogP contribution in [0.4, 0.5) is 5.69 Å². The maximum atomic E-state index is 12.5. The highest BCUT2D eigenvalue weighted by Crippen LogP contribution is 2.29. The van der Waals surface area contributed by atoms with Crippen LogP contribution in [0.2, 0.25) is 0 Å². The zero-order valence-electron chi connectivity index (χ0n) is 19.8. The fourth-order valence-electron chi connectivity index (χ4n) is 4.13. The van der Waals surface area contributed by atoms with Crippen molar-refractivity contribution >= 4 is 11.6 Å². The van der Waals surface area contributed by atoms with Gasteiger partial charge in [-0.1, -0.05) is 32.9 Å². The van der Waals surface area contributed by atoms with E-state index in [0.29, 0.717) is 12.6 Å². The quantitative estimate of drug-likeness (QED) is 0.608. The molecule has 1 unspecified atom stereocenters. The number of hydrogen-bond acceptors (Lipinski definition) is 2. The summed E-state index contributed by atoms with van der Waals surface area (Å²) in [6.45, 7) is 9.62. The Kier molecular flexibility index (Phi) is 7.74. The second-order valence-corrected chi connectivity index (χ2v) is 9.69.